The highest BCUT2D eigenvalue weighted by Gasteiger charge is 2.09. The Bertz CT molecular complexity index is 88.5. The molecular formula is C7H19NO2Si. The first kappa shape index (κ1) is 11.1. The molecule has 0 saturated heterocycles. The normalized spacial score (nSPS) is 14.2. The summed E-state index contributed by atoms with van der Waals surface area (Å²) in [5.41, 5.74) is 6.14. The lowest BCUT2D eigenvalue weighted by atomic mass is 10.2. The van der Waals surface area contributed by atoms with Gasteiger partial charge in [-0.2, -0.15) is 0 Å². The third-order valence-corrected chi connectivity index (χ3v) is 2.83. The molecule has 0 heterocycles. The maximum atomic E-state index is 5.43. The molecule has 0 aromatic carbocycles. The Hall–Kier alpha value is 0.0969. The molecule has 0 aliphatic carbocycles. The van der Waals surface area contributed by atoms with Crippen LogP contribution in [-0.4, -0.2) is 37.3 Å². The molecule has 1 unspecified atom stereocenters. The summed E-state index contributed by atoms with van der Waals surface area (Å²) in [4.78, 5) is 0. The van der Waals surface area contributed by atoms with Crippen LogP contribution in [0.1, 0.15) is 12.8 Å². The molecule has 0 aromatic heterocycles. The van der Waals surface area contributed by atoms with Gasteiger partial charge in [-0.1, -0.05) is 0 Å². The van der Waals surface area contributed by atoms with Crippen LogP contribution in [0.2, 0.25) is 5.54 Å². The molecule has 1 atom stereocenters. The molecule has 0 rings (SSSR count). The fourth-order valence-corrected chi connectivity index (χ4v) is 1.74. The van der Waals surface area contributed by atoms with Crippen LogP contribution in [0.15, 0.2) is 0 Å². The monoisotopic (exact) mass is 177 g/mol. The summed E-state index contributed by atoms with van der Waals surface area (Å²) in [5.74, 6) is 0. The van der Waals surface area contributed by atoms with E-state index in [4.69, 9.17) is 15.2 Å². The Balaban J connectivity index is 3.44. The van der Waals surface area contributed by atoms with Crippen molar-refractivity contribution in [2.24, 2.45) is 5.73 Å². The van der Waals surface area contributed by atoms with Gasteiger partial charge in [0.15, 0.2) is 6.29 Å². The second kappa shape index (κ2) is 6.79. The first-order valence-electron chi connectivity index (χ1n) is 4.00. The van der Waals surface area contributed by atoms with E-state index in [9.17, 15) is 0 Å². The summed E-state index contributed by atoms with van der Waals surface area (Å²) in [6, 6.07) is 0. The van der Waals surface area contributed by atoms with Crippen molar-refractivity contribution in [1.82, 2.24) is 0 Å². The molecule has 0 aromatic rings. The van der Waals surface area contributed by atoms with E-state index in [2.05, 4.69) is 0 Å². The molecule has 3 nitrogen and oxygen atoms in total. The molecule has 11 heavy (non-hydrogen) atoms. The average molecular weight is 177 g/mol. The van der Waals surface area contributed by atoms with E-state index in [1.54, 1.807) is 14.2 Å². The van der Waals surface area contributed by atoms with Gasteiger partial charge in [0, 0.05) is 24.5 Å². The standard InChI is InChI=1S/C7H19NO2Si/c1-9-7(10-2)5-6(11)3-4-8/h6-7H,3-5,8H2,1-2,11H3. The van der Waals surface area contributed by atoms with Gasteiger partial charge in [0.1, 0.15) is 0 Å². The summed E-state index contributed by atoms with van der Waals surface area (Å²) in [6.07, 6.45) is 2.04. The highest BCUT2D eigenvalue weighted by molar-refractivity contribution is 6.11. The van der Waals surface area contributed by atoms with Crippen molar-refractivity contribution < 1.29 is 9.47 Å². The Labute approximate surface area is 71.7 Å². The molecule has 0 amide bonds. The third-order valence-electron chi connectivity index (χ3n) is 1.78. The van der Waals surface area contributed by atoms with Crippen molar-refractivity contribution in [3.8, 4) is 0 Å². The van der Waals surface area contributed by atoms with Gasteiger partial charge < -0.3 is 15.2 Å². The summed E-state index contributed by atoms with van der Waals surface area (Å²) in [7, 11) is 4.51. The number of nitrogens with two attached hydrogens (primary N) is 1. The summed E-state index contributed by atoms with van der Waals surface area (Å²) >= 11 is 0. The molecule has 4 heteroatoms. The van der Waals surface area contributed by atoms with Crippen LogP contribution in [0.4, 0.5) is 0 Å². The average Bonchev–Trinajstić information content (AvgIpc) is 2.01. The zero-order valence-corrected chi connectivity index (χ0v) is 9.67. The minimum Gasteiger partial charge on any atom is -0.356 e. The number of hydrogen-bond acceptors (Lipinski definition) is 3. The van der Waals surface area contributed by atoms with E-state index in [-0.39, 0.29) is 6.29 Å². The Morgan fingerprint density at radius 1 is 1.36 bits per heavy atom. The fraction of sp³-hybridized carbons (Fsp3) is 1.00. The molecular weight excluding hydrogens is 158 g/mol. The molecule has 0 fully saturated rings. The zero-order valence-electron chi connectivity index (χ0n) is 7.67. The van der Waals surface area contributed by atoms with E-state index < -0.39 is 0 Å². The number of ether oxygens (including phenoxy) is 2. The Morgan fingerprint density at radius 3 is 2.27 bits per heavy atom. The van der Waals surface area contributed by atoms with Crippen molar-refractivity contribution in [3.05, 3.63) is 0 Å². The highest BCUT2D eigenvalue weighted by atomic mass is 28.1. The molecule has 0 aliphatic heterocycles. The predicted octanol–water partition coefficient (Wildman–Crippen LogP) is -0.502. The van der Waals surface area contributed by atoms with Gasteiger partial charge in [-0.15, -0.1) is 0 Å². The molecule has 0 radical (unpaired) electrons. The van der Waals surface area contributed by atoms with Gasteiger partial charge in [-0.05, 0) is 24.9 Å². The molecule has 0 spiro atoms. The smallest absolute Gasteiger partial charge is 0.156 e. The Kier molecular flexibility index (Phi) is 6.85. The van der Waals surface area contributed by atoms with Crippen LogP contribution in [0, 0.1) is 0 Å². The lowest BCUT2D eigenvalue weighted by Crippen LogP contribution is -2.17. The van der Waals surface area contributed by atoms with Crippen molar-refractivity contribution in [1.29, 1.82) is 0 Å². The van der Waals surface area contributed by atoms with Gasteiger partial charge in [-0.3, -0.25) is 0 Å². The predicted molar refractivity (Wildman–Crippen MR) is 49.8 cm³/mol. The zero-order chi connectivity index (χ0) is 8.69. The SMILES string of the molecule is COC(CC([SiH3])CCN)OC. The van der Waals surface area contributed by atoms with Crippen LogP contribution < -0.4 is 5.73 Å². The first-order chi connectivity index (χ1) is 5.24. The van der Waals surface area contributed by atoms with Crippen LogP contribution in [-0.2, 0) is 9.47 Å². The van der Waals surface area contributed by atoms with Crippen LogP contribution >= 0.6 is 0 Å². The number of hydrogen-bond donors (Lipinski definition) is 1. The van der Waals surface area contributed by atoms with Crippen LogP contribution in [0.25, 0.3) is 0 Å². The maximum Gasteiger partial charge on any atom is 0.156 e. The molecule has 2 N–H and O–H groups in total. The quantitative estimate of drug-likeness (QED) is 0.439. The minimum absolute atomic E-state index is 0.0379. The third kappa shape index (κ3) is 5.38. The fourth-order valence-electron chi connectivity index (χ4n) is 1.02. The minimum atomic E-state index is -0.0379. The molecule has 68 valence electrons. The van der Waals surface area contributed by atoms with Gasteiger partial charge in [0.25, 0.3) is 0 Å². The molecule has 0 bridgehead atoms. The largest absolute Gasteiger partial charge is 0.356 e. The van der Waals surface area contributed by atoms with Gasteiger partial charge in [0.2, 0.25) is 0 Å². The van der Waals surface area contributed by atoms with E-state index >= 15 is 0 Å². The number of methoxy groups -OCH3 is 2. The van der Waals surface area contributed by atoms with E-state index in [1.165, 1.54) is 10.2 Å². The lowest BCUT2D eigenvalue weighted by Gasteiger charge is -2.17. The van der Waals surface area contributed by atoms with Crippen LogP contribution in [0.3, 0.4) is 0 Å². The summed E-state index contributed by atoms with van der Waals surface area (Å²) in [6.45, 7) is 0.772. The van der Waals surface area contributed by atoms with E-state index in [0.29, 0.717) is 5.54 Å². The summed E-state index contributed by atoms with van der Waals surface area (Å²) in [5, 5.41) is 0. The summed E-state index contributed by atoms with van der Waals surface area (Å²) < 4.78 is 10.2. The second-order valence-corrected chi connectivity index (χ2v) is 4.45. The van der Waals surface area contributed by atoms with Crippen molar-refractivity contribution >= 4 is 10.2 Å². The molecule has 0 aliphatic rings. The van der Waals surface area contributed by atoms with E-state index in [1.807, 2.05) is 0 Å². The van der Waals surface area contributed by atoms with E-state index in [0.717, 1.165) is 19.4 Å². The first-order valence-corrected chi connectivity index (χ1v) is 5.15. The van der Waals surface area contributed by atoms with Crippen LogP contribution in [0.5, 0.6) is 0 Å². The van der Waals surface area contributed by atoms with Crippen molar-refractivity contribution in [2.45, 2.75) is 24.7 Å². The maximum absolute atomic E-state index is 5.43. The molecule has 0 saturated carbocycles. The van der Waals surface area contributed by atoms with Gasteiger partial charge in [-0.25, -0.2) is 0 Å². The Morgan fingerprint density at radius 2 is 1.91 bits per heavy atom. The number of rotatable bonds is 6. The highest BCUT2D eigenvalue weighted by Crippen LogP contribution is 2.14. The van der Waals surface area contributed by atoms with Crippen molar-refractivity contribution in [3.63, 3.8) is 0 Å². The van der Waals surface area contributed by atoms with Gasteiger partial charge >= 0.3 is 0 Å². The topological polar surface area (TPSA) is 44.5 Å². The van der Waals surface area contributed by atoms with Gasteiger partial charge in [0.05, 0.1) is 0 Å². The second-order valence-electron chi connectivity index (χ2n) is 2.82. The van der Waals surface area contributed by atoms with Crippen molar-refractivity contribution in [2.75, 3.05) is 20.8 Å². The lowest BCUT2D eigenvalue weighted by molar-refractivity contribution is -0.106.